The molecule has 0 spiro atoms. The first-order valence-corrected chi connectivity index (χ1v) is 15.5. The lowest BCUT2D eigenvalue weighted by Crippen LogP contribution is -2.54. The number of carbonyl (C=O) groups is 1. The molecule has 0 aromatic carbocycles. The second kappa shape index (κ2) is 10.8. The summed E-state index contributed by atoms with van der Waals surface area (Å²) in [5.74, 6) is 6.98. The zero-order valence-corrected chi connectivity index (χ0v) is 23.6. The Balaban J connectivity index is 1.39. The molecule has 0 aromatic heterocycles. The first-order chi connectivity index (χ1) is 16.2. The van der Waals surface area contributed by atoms with Gasteiger partial charge >= 0.3 is 0 Å². The van der Waals surface area contributed by atoms with Crippen molar-refractivity contribution in [2.45, 2.75) is 131 Å². The summed E-state index contributed by atoms with van der Waals surface area (Å²) in [7, 11) is 0. The monoisotopic (exact) mass is 471 g/mol. The lowest BCUT2D eigenvalue weighted by atomic mass is 9.44. The minimum Gasteiger partial charge on any atom is -0.356 e. The molecule has 1 amide bonds. The maximum absolute atomic E-state index is 12.8. The van der Waals surface area contributed by atoms with Gasteiger partial charge in [0.15, 0.2) is 0 Å². The van der Waals surface area contributed by atoms with Crippen LogP contribution in [0.3, 0.4) is 0 Å². The van der Waals surface area contributed by atoms with Gasteiger partial charge in [-0.3, -0.25) is 4.79 Å². The Hall–Kier alpha value is -0.530. The standard InChI is InChI=1S/C32H57NO/c1-7-8-20-33-30(34)24-16-18-31(5)25(21-24)12-13-26-28-15-14-27(23(4)11-9-10-22(2)3)32(28,6)19-17-29(26)31/h22-29H,7-21H2,1-6H3,(H,33,34). The van der Waals surface area contributed by atoms with E-state index in [1.54, 1.807) is 0 Å². The van der Waals surface area contributed by atoms with Gasteiger partial charge in [0.05, 0.1) is 0 Å². The predicted molar refractivity (Wildman–Crippen MR) is 144 cm³/mol. The Bertz CT molecular complexity index is 686. The number of carbonyl (C=O) groups excluding carboxylic acids is 1. The molecule has 0 aliphatic heterocycles. The molecule has 9 atom stereocenters. The van der Waals surface area contributed by atoms with Gasteiger partial charge in [-0.25, -0.2) is 0 Å². The van der Waals surface area contributed by atoms with Crippen LogP contribution < -0.4 is 5.32 Å². The van der Waals surface area contributed by atoms with Gasteiger partial charge in [0.1, 0.15) is 0 Å². The molecule has 4 fully saturated rings. The quantitative estimate of drug-likeness (QED) is 0.335. The van der Waals surface area contributed by atoms with Crippen LogP contribution in [0.5, 0.6) is 0 Å². The van der Waals surface area contributed by atoms with Gasteiger partial charge in [-0.1, -0.05) is 67.2 Å². The topological polar surface area (TPSA) is 29.1 Å². The van der Waals surface area contributed by atoms with Crippen LogP contribution in [-0.2, 0) is 4.79 Å². The molecule has 196 valence electrons. The van der Waals surface area contributed by atoms with E-state index in [0.717, 1.165) is 73.7 Å². The summed E-state index contributed by atoms with van der Waals surface area (Å²) in [6, 6.07) is 0. The van der Waals surface area contributed by atoms with Crippen molar-refractivity contribution in [2.75, 3.05) is 6.54 Å². The predicted octanol–water partition coefficient (Wildman–Crippen LogP) is 8.64. The second-order valence-corrected chi connectivity index (χ2v) is 14.3. The third kappa shape index (κ3) is 5.00. The molecular weight excluding hydrogens is 414 g/mol. The lowest BCUT2D eigenvalue weighted by molar-refractivity contribution is -0.139. The highest BCUT2D eigenvalue weighted by Gasteiger charge is 2.60. The number of hydrogen-bond acceptors (Lipinski definition) is 1. The van der Waals surface area contributed by atoms with Crippen LogP contribution in [0, 0.1) is 58.2 Å². The summed E-state index contributed by atoms with van der Waals surface area (Å²) < 4.78 is 0. The van der Waals surface area contributed by atoms with Crippen molar-refractivity contribution >= 4 is 5.91 Å². The minimum atomic E-state index is 0.280. The molecule has 0 aromatic rings. The van der Waals surface area contributed by atoms with E-state index in [9.17, 15) is 4.79 Å². The molecule has 4 saturated carbocycles. The average Bonchev–Trinajstić information content (AvgIpc) is 3.15. The van der Waals surface area contributed by atoms with E-state index in [4.69, 9.17) is 0 Å². The van der Waals surface area contributed by atoms with Crippen molar-refractivity contribution < 1.29 is 4.79 Å². The molecule has 4 rings (SSSR count). The fraction of sp³-hybridized carbons (Fsp3) is 0.969. The Kier molecular flexibility index (Phi) is 8.46. The molecular formula is C32H57NO. The van der Waals surface area contributed by atoms with E-state index >= 15 is 0 Å². The maximum Gasteiger partial charge on any atom is 0.223 e. The van der Waals surface area contributed by atoms with Crippen molar-refractivity contribution in [3.05, 3.63) is 0 Å². The van der Waals surface area contributed by atoms with Crippen LogP contribution >= 0.6 is 0 Å². The van der Waals surface area contributed by atoms with E-state index in [0.29, 0.717) is 16.7 Å². The molecule has 4 aliphatic carbocycles. The number of rotatable bonds is 9. The lowest BCUT2D eigenvalue weighted by Gasteiger charge is -2.61. The van der Waals surface area contributed by atoms with Crippen LogP contribution in [0.2, 0.25) is 0 Å². The first-order valence-electron chi connectivity index (χ1n) is 15.5. The fourth-order valence-corrected chi connectivity index (χ4v) is 10.1. The van der Waals surface area contributed by atoms with Crippen LogP contribution in [0.1, 0.15) is 131 Å². The van der Waals surface area contributed by atoms with Crippen LogP contribution in [0.15, 0.2) is 0 Å². The van der Waals surface area contributed by atoms with Gasteiger partial charge in [0.2, 0.25) is 5.91 Å². The fourth-order valence-electron chi connectivity index (χ4n) is 10.1. The zero-order valence-electron chi connectivity index (χ0n) is 23.6. The third-order valence-electron chi connectivity index (χ3n) is 12.1. The zero-order chi connectivity index (χ0) is 24.5. The second-order valence-electron chi connectivity index (χ2n) is 14.3. The van der Waals surface area contributed by atoms with E-state index in [1.807, 2.05) is 0 Å². The normalized spacial score (nSPS) is 42.6. The van der Waals surface area contributed by atoms with Gasteiger partial charge in [-0.05, 0) is 116 Å². The summed E-state index contributed by atoms with van der Waals surface area (Å²) in [5, 5.41) is 3.25. The maximum atomic E-state index is 12.8. The van der Waals surface area contributed by atoms with E-state index in [1.165, 1.54) is 64.2 Å². The third-order valence-corrected chi connectivity index (χ3v) is 12.1. The molecule has 2 nitrogen and oxygen atoms in total. The van der Waals surface area contributed by atoms with Crippen molar-refractivity contribution in [2.24, 2.45) is 58.2 Å². The number of nitrogens with one attached hydrogen (secondary N) is 1. The van der Waals surface area contributed by atoms with Gasteiger partial charge in [-0.15, -0.1) is 0 Å². The number of fused-ring (bicyclic) bond motifs is 5. The highest BCUT2D eigenvalue weighted by Crippen LogP contribution is 2.68. The Labute approximate surface area is 212 Å². The van der Waals surface area contributed by atoms with Crippen LogP contribution in [0.25, 0.3) is 0 Å². The largest absolute Gasteiger partial charge is 0.356 e. The first kappa shape index (κ1) is 26.5. The molecule has 4 aliphatic rings. The molecule has 9 unspecified atom stereocenters. The van der Waals surface area contributed by atoms with Crippen molar-refractivity contribution in [1.29, 1.82) is 0 Å². The average molecular weight is 472 g/mol. The van der Waals surface area contributed by atoms with Crippen LogP contribution in [0.4, 0.5) is 0 Å². The van der Waals surface area contributed by atoms with E-state index in [-0.39, 0.29) is 5.92 Å². The van der Waals surface area contributed by atoms with Gasteiger partial charge < -0.3 is 5.32 Å². The number of unbranched alkanes of at least 4 members (excludes halogenated alkanes) is 1. The molecule has 0 heterocycles. The van der Waals surface area contributed by atoms with Gasteiger partial charge in [0.25, 0.3) is 0 Å². The SMILES string of the molecule is CCCCNC(=O)C1CCC2(C)C(CCC3C2CCC2(C)C(C(C)CCCC(C)C)CCC32)C1. The molecule has 0 radical (unpaired) electrons. The molecule has 2 heteroatoms. The smallest absolute Gasteiger partial charge is 0.223 e. The Morgan fingerprint density at radius 1 is 0.882 bits per heavy atom. The summed E-state index contributed by atoms with van der Waals surface area (Å²) in [5.41, 5.74) is 1.09. The van der Waals surface area contributed by atoms with Crippen molar-refractivity contribution in [3.8, 4) is 0 Å². The number of hydrogen-bond donors (Lipinski definition) is 1. The summed E-state index contributed by atoms with van der Waals surface area (Å²) >= 11 is 0. The Morgan fingerprint density at radius 3 is 2.35 bits per heavy atom. The molecule has 1 N–H and O–H groups in total. The van der Waals surface area contributed by atoms with E-state index in [2.05, 4.69) is 46.9 Å². The van der Waals surface area contributed by atoms with E-state index < -0.39 is 0 Å². The summed E-state index contributed by atoms with van der Waals surface area (Å²) in [4.78, 5) is 12.8. The highest BCUT2D eigenvalue weighted by atomic mass is 16.1. The minimum absolute atomic E-state index is 0.280. The van der Waals surface area contributed by atoms with Crippen LogP contribution in [-0.4, -0.2) is 12.5 Å². The summed E-state index contributed by atoms with van der Waals surface area (Å²) in [6.07, 6.45) is 18.9. The summed E-state index contributed by atoms with van der Waals surface area (Å²) in [6.45, 7) is 15.8. The Morgan fingerprint density at radius 2 is 1.62 bits per heavy atom. The van der Waals surface area contributed by atoms with Gasteiger partial charge in [-0.2, -0.15) is 0 Å². The molecule has 0 bridgehead atoms. The number of amides is 1. The van der Waals surface area contributed by atoms with Gasteiger partial charge in [0, 0.05) is 12.5 Å². The molecule has 0 saturated heterocycles. The van der Waals surface area contributed by atoms with Crippen molar-refractivity contribution in [3.63, 3.8) is 0 Å². The molecule has 34 heavy (non-hydrogen) atoms. The van der Waals surface area contributed by atoms with Crippen molar-refractivity contribution in [1.82, 2.24) is 5.32 Å². The highest BCUT2D eigenvalue weighted by molar-refractivity contribution is 5.78.